The summed E-state index contributed by atoms with van der Waals surface area (Å²) in [7, 11) is 1.64. The molecular formula is C22H21N5O2. The largest absolute Gasteiger partial charge is 0.497 e. The molecular weight excluding hydrogens is 366 g/mol. The van der Waals surface area contributed by atoms with Gasteiger partial charge in [-0.3, -0.25) is 4.79 Å². The SMILES string of the molecule is COc1cccc(CCNc2nc(C)cc(C(=O)Nc3cccc(C#N)c3)n2)c1. The number of carbonyl (C=O) groups is 1. The zero-order valence-corrected chi connectivity index (χ0v) is 16.3. The molecule has 0 aliphatic carbocycles. The summed E-state index contributed by atoms with van der Waals surface area (Å²) in [4.78, 5) is 21.2. The van der Waals surface area contributed by atoms with Crippen LogP contribution in [-0.2, 0) is 6.42 Å². The van der Waals surface area contributed by atoms with E-state index in [0.717, 1.165) is 17.7 Å². The van der Waals surface area contributed by atoms with Crippen molar-refractivity contribution in [2.75, 3.05) is 24.3 Å². The first-order valence-electron chi connectivity index (χ1n) is 9.11. The Bertz CT molecular complexity index is 1060. The van der Waals surface area contributed by atoms with Crippen LogP contribution < -0.4 is 15.4 Å². The maximum absolute atomic E-state index is 12.6. The molecule has 7 nitrogen and oxygen atoms in total. The van der Waals surface area contributed by atoms with E-state index in [1.54, 1.807) is 37.4 Å². The van der Waals surface area contributed by atoms with Gasteiger partial charge in [-0.1, -0.05) is 18.2 Å². The number of ether oxygens (including phenoxy) is 1. The molecule has 0 unspecified atom stereocenters. The predicted molar refractivity (Wildman–Crippen MR) is 111 cm³/mol. The molecule has 0 saturated heterocycles. The zero-order valence-electron chi connectivity index (χ0n) is 16.3. The molecule has 0 bridgehead atoms. The number of hydrogen-bond acceptors (Lipinski definition) is 6. The van der Waals surface area contributed by atoms with Crippen LogP contribution in [0, 0.1) is 18.3 Å². The van der Waals surface area contributed by atoms with Gasteiger partial charge in [-0.15, -0.1) is 0 Å². The van der Waals surface area contributed by atoms with Gasteiger partial charge < -0.3 is 15.4 Å². The highest BCUT2D eigenvalue weighted by Gasteiger charge is 2.11. The van der Waals surface area contributed by atoms with Crippen LogP contribution in [0.3, 0.4) is 0 Å². The van der Waals surface area contributed by atoms with E-state index in [1.165, 1.54) is 0 Å². The molecule has 0 aliphatic heterocycles. The van der Waals surface area contributed by atoms with Crippen molar-refractivity contribution < 1.29 is 9.53 Å². The normalized spacial score (nSPS) is 10.1. The Morgan fingerprint density at radius 2 is 1.97 bits per heavy atom. The number of nitrogens with one attached hydrogen (secondary N) is 2. The van der Waals surface area contributed by atoms with Crippen LogP contribution in [0.1, 0.15) is 27.3 Å². The lowest BCUT2D eigenvalue weighted by molar-refractivity contribution is 0.102. The van der Waals surface area contributed by atoms with Gasteiger partial charge >= 0.3 is 0 Å². The molecule has 1 amide bonds. The third-order valence-corrected chi connectivity index (χ3v) is 4.17. The highest BCUT2D eigenvalue weighted by atomic mass is 16.5. The topological polar surface area (TPSA) is 99.9 Å². The number of hydrogen-bond donors (Lipinski definition) is 2. The Kier molecular flexibility index (Phi) is 6.38. The van der Waals surface area contributed by atoms with E-state index in [9.17, 15) is 4.79 Å². The van der Waals surface area contributed by atoms with Gasteiger partial charge in [0.1, 0.15) is 11.4 Å². The molecule has 146 valence electrons. The van der Waals surface area contributed by atoms with Crippen LogP contribution in [0.5, 0.6) is 5.75 Å². The monoisotopic (exact) mass is 387 g/mol. The van der Waals surface area contributed by atoms with Crippen molar-refractivity contribution in [3.05, 3.63) is 77.1 Å². The number of anilines is 2. The van der Waals surface area contributed by atoms with Crippen molar-refractivity contribution in [1.82, 2.24) is 9.97 Å². The lowest BCUT2D eigenvalue weighted by Crippen LogP contribution is -2.17. The first-order chi connectivity index (χ1) is 14.1. The fraction of sp³-hybridized carbons (Fsp3) is 0.182. The van der Waals surface area contributed by atoms with Crippen molar-refractivity contribution >= 4 is 17.5 Å². The number of rotatable bonds is 7. The maximum Gasteiger partial charge on any atom is 0.274 e. The second-order valence-electron chi connectivity index (χ2n) is 6.39. The molecule has 3 aromatic rings. The summed E-state index contributed by atoms with van der Waals surface area (Å²) >= 11 is 0. The summed E-state index contributed by atoms with van der Waals surface area (Å²) in [6.07, 6.45) is 0.761. The van der Waals surface area contributed by atoms with E-state index < -0.39 is 0 Å². The standard InChI is InChI=1S/C22H21N5O2/c1-15-11-20(21(28)26-18-7-3-6-17(12-18)14-23)27-22(25-15)24-10-9-16-5-4-8-19(13-16)29-2/h3-8,11-13H,9-10H2,1-2H3,(H,26,28)(H,24,25,27). The molecule has 1 aromatic heterocycles. The number of aryl methyl sites for hydroxylation is 1. The van der Waals surface area contributed by atoms with E-state index in [2.05, 4.69) is 20.6 Å². The van der Waals surface area contributed by atoms with E-state index in [0.29, 0.717) is 29.4 Å². The Balaban J connectivity index is 1.65. The molecule has 0 radical (unpaired) electrons. The van der Waals surface area contributed by atoms with Crippen molar-refractivity contribution in [1.29, 1.82) is 5.26 Å². The average molecular weight is 387 g/mol. The van der Waals surface area contributed by atoms with Gasteiger partial charge in [0.15, 0.2) is 0 Å². The Hall–Kier alpha value is -3.92. The summed E-state index contributed by atoms with van der Waals surface area (Å²) in [6.45, 7) is 2.42. The quantitative estimate of drug-likeness (QED) is 0.643. The van der Waals surface area contributed by atoms with Gasteiger partial charge in [0, 0.05) is 17.9 Å². The van der Waals surface area contributed by atoms with Gasteiger partial charge in [-0.2, -0.15) is 5.26 Å². The van der Waals surface area contributed by atoms with Crippen LogP contribution in [0.25, 0.3) is 0 Å². The molecule has 2 aromatic carbocycles. The number of benzene rings is 2. The summed E-state index contributed by atoms with van der Waals surface area (Å²) in [5, 5.41) is 14.9. The number of amides is 1. The minimum absolute atomic E-state index is 0.253. The Morgan fingerprint density at radius 1 is 1.14 bits per heavy atom. The van der Waals surface area contributed by atoms with E-state index >= 15 is 0 Å². The smallest absolute Gasteiger partial charge is 0.274 e. The Labute approximate surface area is 169 Å². The minimum Gasteiger partial charge on any atom is -0.497 e. The lowest BCUT2D eigenvalue weighted by atomic mass is 10.1. The van der Waals surface area contributed by atoms with Crippen LogP contribution in [-0.4, -0.2) is 29.5 Å². The Morgan fingerprint density at radius 3 is 2.76 bits per heavy atom. The maximum atomic E-state index is 12.6. The van der Waals surface area contributed by atoms with Crippen molar-refractivity contribution in [2.24, 2.45) is 0 Å². The highest BCUT2D eigenvalue weighted by molar-refractivity contribution is 6.03. The van der Waals surface area contributed by atoms with Gasteiger partial charge in [-0.25, -0.2) is 9.97 Å². The lowest BCUT2D eigenvalue weighted by Gasteiger charge is -2.09. The van der Waals surface area contributed by atoms with E-state index in [-0.39, 0.29) is 11.6 Å². The molecule has 0 fully saturated rings. The van der Waals surface area contributed by atoms with Gasteiger partial charge in [-0.05, 0) is 55.3 Å². The minimum atomic E-state index is -0.360. The van der Waals surface area contributed by atoms with Crippen molar-refractivity contribution in [2.45, 2.75) is 13.3 Å². The van der Waals surface area contributed by atoms with E-state index in [1.807, 2.05) is 37.3 Å². The van der Waals surface area contributed by atoms with Crippen LogP contribution >= 0.6 is 0 Å². The molecule has 29 heavy (non-hydrogen) atoms. The third-order valence-electron chi connectivity index (χ3n) is 4.17. The molecule has 3 rings (SSSR count). The van der Waals surface area contributed by atoms with Gasteiger partial charge in [0.25, 0.3) is 5.91 Å². The van der Waals surface area contributed by atoms with Crippen LogP contribution in [0.4, 0.5) is 11.6 Å². The van der Waals surface area contributed by atoms with Crippen molar-refractivity contribution in [3.8, 4) is 11.8 Å². The number of carbonyl (C=O) groups excluding carboxylic acids is 1. The molecule has 0 saturated carbocycles. The number of nitriles is 1. The fourth-order valence-corrected chi connectivity index (χ4v) is 2.77. The molecule has 1 heterocycles. The van der Waals surface area contributed by atoms with Gasteiger partial charge in [0.2, 0.25) is 5.95 Å². The van der Waals surface area contributed by atoms with Gasteiger partial charge in [0.05, 0.1) is 18.7 Å². The number of nitrogens with zero attached hydrogens (tertiary/aromatic N) is 3. The first-order valence-corrected chi connectivity index (χ1v) is 9.11. The second-order valence-corrected chi connectivity index (χ2v) is 6.39. The highest BCUT2D eigenvalue weighted by Crippen LogP contribution is 2.14. The molecule has 7 heteroatoms. The molecule has 0 atom stereocenters. The molecule has 2 N–H and O–H groups in total. The number of methoxy groups -OCH3 is 1. The zero-order chi connectivity index (χ0) is 20.6. The molecule has 0 aliphatic rings. The first kappa shape index (κ1) is 19.8. The van der Waals surface area contributed by atoms with Crippen molar-refractivity contribution in [3.63, 3.8) is 0 Å². The van der Waals surface area contributed by atoms with E-state index in [4.69, 9.17) is 10.00 Å². The average Bonchev–Trinajstić information content (AvgIpc) is 2.73. The molecule has 0 spiro atoms. The number of aromatic nitrogens is 2. The van der Waals surface area contributed by atoms with Crippen LogP contribution in [0.2, 0.25) is 0 Å². The summed E-state index contributed by atoms with van der Waals surface area (Å²) in [5.41, 5.74) is 3.07. The second kappa shape index (κ2) is 9.33. The third kappa shape index (κ3) is 5.53. The van der Waals surface area contributed by atoms with Crippen LogP contribution in [0.15, 0.2) is 54.6 Å². The summed E-state index contributed by atoms with van der Waals surface area (Å²) in [5.74, 6) is 0.846. The summed E-state index contributed by atoms with van der Waals surface area (Å²) in [6, 6.07) is 18.2. The fourth-order valence-electron chi connectivity index (χ4n) is 2.77. The predicted octanol–water partition coefficient (Wildman–Crippen LogP) is 3.57. The summed E-state index contributed by atoms with van der Waals surface area (Å²) < 4.78 is 5.23.